The summed E-state index contributed by atoms with van der Waals surface area (Å²) >= 11 is 0. The summed E-state index contributed by atoms with van der Waals surface area (Å²) in [7, 11) is -2.61. The molecule has 0 saturated carbocycles. The van der Waals surface area contributed by atoms with Crippen molar-refractivity contribution in [1.29, 1.82) is 0 Å². The molecule has 0 aliphatic rings. The van der Waals surface area contributed by atoms with Crippen LogP contribution >= 0.6 is 8.25 Å². The summed E-state index contributed by atoms with van der Waals surface area (Å²) in [5.41, 5.74) is 11.0. The fraction of sp³-hybridized carbons (Fsp3) is 0.739. The largest absolute Gasteiger partial charge is 0.319 e. The molecule has 4 heteroatoms. The predicted octanol–water partition coefficient (Wildman–Crippen LogP) is 15.0. The molecule has 0 atom stereocenters. The van der Waals surface area contributed by atoms with Crippen molar-refractivity contribution in [1.82, 2.24) is 0 Å². The monoisotopic (exact) mass is 711 g/mol. The molecule has 2 aromatic rings. The highest BCUT2D eigenvalue weighted by atomic mass is 31.1. The van der Waals surface area contributed by atoms with Gasteiger partial charge in [-0.1, -0.05) is 181 Å². The number of unbranched alkanes of at least 4 members (excludes halogenated alkanes) is 18. The Bertz CT molecular complexity index is 1080. The van der Waals surface area contributed by atoms with E-state index in [-0.39, 0.29) is 0 Å². The first-order valence-electron chi connectivity index (χ1n) is 21.6. The van der Waals surface area contributed by atoms with Crippen LogP contribution < -0.4 is 0 Å². The molecule has 0 amide bonds. The zero-order chi connectivity index (χ0) is 36.2. The molecule has 0 spiro atoms. The van der Waals surface area contributed by atoms with Gasteiger partial charge in [0, 0.05) is 0 Å². The van der Waals surface area contributed by atoms with E-state index in [2.05, 4.69) is 65.8 Å². The number of rotatable bonds is 32. The van der Waals surface area contributed by atoms with E-state index >= 15 is 0 Å². The summed E-state index contributed by atoms with van der Waals surface area (Å²) in [5, 5.41) is 0. The Morgan fingerprint density at radius 1 is 0.380 bits per heavy atom. The van der Waals surface area contributed by atoms with Crippen LogP contribution in [0, 0.1) is 0 Å². The van der Waals surface area contributed by atoms with Crippen LogP contribution in [0.25, 0.3) is 0 Å². The van der Waals surface area contributed by atoms with Crippen LogP contribution in [0.2, 0.25) is 0 Å². The lowest BCUT2D eigenvalue weighted by molar-refractivity contribution is 0.212. The molecule has 0 radical (unpaired) electrons. The Morgan fingerprint density at radius 3 is 0.940 bits per heavy atom. The lowest BCUT2D eigenvalue weighted by atomic mass is 9.90. The predicted molar refractivity (Wildman–Crippen MR) is 220 cm³/mol. The molecule has 0 heterocycles. The third-order valence-corrected chi connectivity index (χ3v) is 11.7. The van der Waals surface area contributed by atoms with Gasteiger partial charge in [-0.05, 0) is 95.9 Å². The average molecular weight is 711 g/mol. The van der Waals surface area contributed by atoms with Crippen LogP contribution in [-0.4, -0.2) is 0 Å². The van der Waals surface area contributed by atoms with Crippen LogP contribution in [0.5, 0.6) is 0 Å². The molecule has 50 heavy (non-hydrogen) atoms. The van der Waals surface area contributed by atoms with Crippen molar-refractivity contribution in [2.75, 3.05) is 0 Å². The topological polar surface area (TPSA) is 35.5 Å². The van der Waals surface area contributed by atoms with Crippen molar-refractivity contribution < 1.29 is 13.6 Å². The van der Waals surface area contributed by atoms with Gasteiger partial charge >= 0.3 is 8.25 Å². The molecule has 0 saturated heterocycles. The number of hydrogen-bond donors (Lipinski definition) is 0. The second-order valence-electron chi connectivity index (χ2n) is 14.8. The van der Waals surface area contributed by atoms with Crippen LogP contribution in [0.4, 0.5) is 0 Å². The molecule has 3 nitrogen and oxygen atoms in total. The summed E-state index contributed by atoms with van der Waals surface area (Å²) in [6.45, 7) is 14.3. The van der Waals surface area contributed by atoms with Gasteiger partial charge in [-0.3, -0.25) is 4.57 Å². The van der Waals surface area contributed by atoms with Crippen LogP contribution in [0.1, 0.15) is 214 Å². The van der Waals surface area contributed by atoms with Crippen molar-refractivity contribution in [2.24, 2.45) is 0 Å². The van der Waals surface area contributed by atoms with Crippen molar-refractivity contribution in [3.05, 3.63) is 68.8 Å². The fourth-order valence-corrected chi connectivity index (χ4v) is 8.63. The molecule has 0 N–H and O–H groups in total. The van der Waals surface area contributed by atoms with Gasteiger partial charge in [-0.25, -0.2) is 0 Å². The maximum atomic E-state index is 13.0. The molecule has 286 valence electrons. The second kappa shape index (κ2) is 29.1. The third-order valence-electron chi connectivity index (χ3n) is 11.0. The second-order valence-corrected chi connectivity index (χ2v) is 15.9. The molecule has 0 aromatic heterocycles. The van der Waals surface area contributed by atoms with Crippen LogP contribution in [0.15, 0.2) is 24.3 Å². The van der Waals surface area contributed by atoms with E-state index in [9.17, 15) is 4.57 Å². The molecular formula is C46H79O3P. The minimum Gasteiger partial charge on any atom is -0.306 e. The normalized spacial score (nSPS) is 11.7. The molecule has 0 aliphatic heterocycles. The van der Waals surface area contributed by atoms with Crippen LogP contribution in [0.3, 0.4) is 0 Å². The first-order valence-corrected chi connectivity index (χ1v) is 22.8. The summed E-state index contributed by atoms with van der Waals surface area (Å²) in [6.07, 6.45) is 33.7. The minimum absolute atomic E-state index is 0.352. The lowest BCUT2D eigenvalue weighted by Gasteiger charge is -2.18. The molecule has 0 bridgehead atoms. The third kappa shape index (κ3) is 17.4. The number of benzene rings is 2. The first-order chi connectivity index (χ1) is 24.5. The van der Waals surface area contributed by atoms with E-state index in [0.717, 1.165) is 49.7 Å². The molecular weight excluding hydrogens is 631 g/mol. The van der Waals surface area contributed by atoms with E-state index in [1.807, 2.05) is 0 Å². The molecule has 0 unspecified atom stereocenters. The number of hydrogen-bond acceptors (Lipinski definition) is 3. The van der Waals surface area contributed by atoms with Gasteiger partial charge in [0.25, 0.3) is 0 Å². The Balaban J connectivity index is 1.82. The smallest absolute Gasteiger partial charge is 0.306 e. The van der Waals surface area contributed by atoms with Gasteiger partial charge in [0.1, 0.15) is 0 Å². The van der Waals surface area contributed by atoms with Crippen molar-refractivity contribution in [3.8, 4) is 0 Å². The highest BCUT2D eigenvalue weighted by molar-refractivity contribution is 7.33. The van der Waals surface area contributed by atoms with Gasteiger partial charge in [0.2, 0.25) is 0 Å². The standard InChI is InChI=1S/C46H79O3P/c1-7-13-15-17-19-21-23-25-27-29-31-39-33-35-41(45(11-5)43(39)9-3)37-48-50(47)49-38-42-36-34-40(44(10-4)46(42)12-6)32-30-28-26-24-22-20-18-16-14-8-2/h33-36,50H,7-32,37-38H2,1-6H3. The summed E-state index contributed by atoms with van der Waals surface area (Å²) < 4.78 is 24.8. The van der Waals surface area contributed by atoms with Gasteiger partial charge in [-0.2, -0.15) is 0 Å². The molecule has 0 aliphatic carbocycles. The van der Waals surface area contributed by atoms with E-state index in [4.69, 9.17) is 9.05 Å². The first kappa shape index (κ1) is 44.7. The van der Waals surface area contributed by atoms with E-state index in [1.165, 1.54) is 162 Å². The zero-order valence-electron chi connectivity index (χ0n) is 33.8. The van der Waals surface area contributed by atoms with Crippen LogP contribution in [-0.2, 0) is 65.4 Å². The Kier molecular flexibility index (Phi) is 26.0. The zero-order valence-corrected chi connectivity index (χ0v) is 34.8. The maximum absolute atomic E-state index is 13.0. The Hall–Kier alpha value is -1.41. The molecule has 2 aromatic carbocycles. The van der Waals surface area contributed by atoms with Gasteiger partial charge in [-0.15, -0.1) is 0 Å². The van der Waals surface area contributed by atoms with Crippen molar-refractivity contribution in [2.45, 2.75) is 222 Å². The minimum atomic E-state index is -2.61. The summed E-state index contributed by atoms with van der Waals surface area (Å²) in [5.74, 6) is 0. The van der Waals surface area contributed by atoms with Gasteiger partial charge in [0.05, 0.1) is 13.2 Å². The fourth-order valence-electron chi connectivity index (χ4n) is 8.00. The van der Waals surface area contributed by atoms with E-state index in [1.54, 1.807) is 0 Å². The van der Waals surface area contributed by atoms with Crippen molar-refractivity contribution in [3.63, 3.8) is 0 Å². The molecule has 0 fully saturated rings. The van der Waals surface area contributed by atoms with E-state index < -0.39 is 8.25 Å². The Morgan fingerprint density at radius 2 is 0.640 bits per heavy atom. The number of aryl methyl sites for hydroxylation is 2. The van der Waals surface area contributed by atoms with Gasteiger partial charge < -0.3 is 9.05 Å². The van der Waals surface area contributed by atoms with Crippen molar-refractivity contribution >= 4 is 8.25 Å². The summed E-state index contributed by atoms with van der Waals surface area (Å²) in [4.78, 5) is 0. The molecule has 2 rings (SSSR count). The van der Waals surface area contributed by atoms with Gasteiger partial charge in [0.15, 0.2) is 0 Å². The summed E-state index contributed by atoms with van der Waals surface area (Å²) in [6, 6.07) is 9.04. The highest BCUT2D eigenvalue weighted by Gasteiger charge is 2.15. The SMILES string of the molecule is CCCCCCCCCCCCc1ccc(CO[PH](=O)OCc2ccc(CCCCCCCCCCCC)c(CC)c2CC)c(CC)c1CC. The highest BCUT2D eigenvalue weighted by Crippen LogP contribution is 2.32. The maximum Gasteiger partial charge on any atom is 0.319 e. The van der Waals surface area contributed by atoms with E-state index in [0.29, 0.717) is 13.2 Å². The lowest BCUT2D eigenvalue weighted by Crippen LogP contribution is -2.05. The quantitative estimate of drug-likeness (QED) is 0.0560. The average Bonchev–Trinajstić information content (AvgIpc) is 3.14. The Labute approximate surface area is 311 Å².